The molecule has 1 N–H and O–H groups in total. The molecule has 0 saturated heterocycles. The molecule has 160 valence electrons. The fourth-order valence-electron chi connectivity index (χ4n) is 2.95. The summed E-state index contributed by atoms with van der Waals surface area (Å²) < 4.78 is 43.4. The maximum absolute atomic E-state index is 13.8. The van der Waals surface area contributed by atoms with E-state index in [1.54, 1.807) is 18.2 Å². The van der Waals surface area contributed by atoms with Gasteiger partial charge in [0, 0.05) is 23.5 Å². The highest BCUT2D eigenvalue weighted by atomic mass is 35.5. The Hall–Kier alpha value is -3.11. The molecule has 4 aromatic rings. The first-order chi connectivity index (χ1) is 14.6. The minimum Gasteiger partial charge on any atom is -0.302 e. The molecule has 0 aliphatic carbocycles. The Balaban J connectivity index is 1.60. The number of carbonyl (C=O) groups excluding carboxylic acids is 1. The molecule has 4 rings (SSSR count). The minimum atomic E-state index is -3.71. The molecular formula is C19H13Cl2F3N6O. The topological polar surface area (TPSA) is 77.1 Å². The van der Waals surface area contributed by atoms with Crippen molar-refractivity contribution in [3.63, 3.8) is 0 Å². The van der Waals surface area contributed by atoms with Crippen LogP contribution in [0.3, 0.4) is 0 Å². The average Bonchev–Trinajstić information content (AvgIpc) is 3.25. The minimum absolute atomic E-state index is 0.00657. The quantitative estimate of drug-likeness (QED) is 0.433. The number of alkyl halides is 3. The molecule has 0 spiro atoms. The summed E-state index contributed by atoms with van der Waals surface area (Å²) in [6, 6.07) is 8.48. The van der Waals surface area contributed by atoms with E-state index in [-0.39, 0.29) is 34.4 Å². The Morgan fingerprint density at radius 3 is 2.68 bits per heavy atom. The predicted molar refractivity (Wildman–Crippen MR) is 108 cm³/mol. The van der Waals surface area contributed by atoms with Gasteiger partial charge in [0.25, 0.3) is 5.91 Å². The van der Waals surface area contributed by atoms with Gasteiger partial charge >= 0.3 is 5.38 Å². The SMILES string of the molecule is Cc1cc(C(F)(F)Cl)n2nc(C(=O)Nc3nn(Cc4ccccc4F)cc3Cl)cc2n1. The largest absolute Gasteiger partial charge is 0.364 e. The van der Waals surface area contributed by atoms with Crippen molar-refractivity contribution in [1.29, 1.82) is 0 Å². The smallest absolute Gasteiger partial charge is 0.302 e. The highest BCUT2D eigenvalue weighted by Gasteiger charge is 2.32. The fraction of sp³-hybridized carbons (Fsp3) is 0.158. The molecule has 7 nitrogen and oxygen atoms in total. The zero-order valence-electron chi connectivity index (χ0n) is 15.8. The Morgan fingerprint density at radius 1 is 1.23 bits per heavy atom. The number of hydrogen-bond acceptors (Lipinski definition) is 4. The third-order valence-electron chi connectivity index (χ3n) is 4.32. The number of benzene rings is 1. The maximum Gasteiger partial charge on any atom is 0.364 e. The van der Waals surface area contributed by atoms with Crippen molar-refractivity contribution >= 4 is 40.6 Å². The Labute approximate surface area is 183 Å². The zero-order chi connectivity index (χ0) is 22.3. The molecule has 31 heavy (non-hydrogen) atoms. The standard InChI is InChI=1S/C19H13Cl2F3N6O/c1-10-6-15(19(21,23)24)30-16(25-10)7-14(27-30)18(31)26-17-12(20)9-29(28-17)8-11-4-2-3-5-13(11)22/h2-7,9H,8H2,1H3,(H,26,28,31). The van der Waals surface area contributed by atoms with Crippen molar-refractivity contribution in [3.8, 4) is 0 Å². The molecule has 1 amide bonds. The fourth-order valence-corrected chi connectivity index (χ4v) is 3.28. The van der Waals surface area contributed by atoms with Crippen molar-refractivity contribution in [2.24, 2.45) is 0 Å². The van der Waals surface area contributed by atoms with Crippen LogP contribution in [0.25, 0.3) is 5.65 Å². The highest BCUT2D eigenvalue weighted by Crippen LogP contribution is 2.32. The molecule has 0 aliphatic rings. The number of anilines is 1. The van der Waals surface area contributed by atoms with E-state index in [2.05, 4.69) is 20.5 Å². The van der Waals surface area contributed by atoms with Gasteiger partial charge in [0.1, 0.15) is 16.5 Å². The van der Waals surface area contributed by atoms with Crippen LogP contribution >= 0.6 is 23.2 Å². The van der Waals surface area contributed by atoms with Crippen LogP contribution < -0.4 is 5.32 Å². The van der Waals surface area contributed by atoms with Crippen LogP contribution in [0.5, 0.6) is 0 Å². The van der Waals surface area contributed by atoms with Crippen LogP contribution in [-0.4, -0.2) is 30.3 Å². The lowest BCUT2D eigenvalue weighted by Crippen LogP contribution is -2.16. The monoisotopic (exact) mass is 468 g/mol. The Bertz CT molecular complexity index is 1300. The van der Waals surface area contributed by atoms with Crippen molar-refractivity contribution in [3.05, 3.63) is 76.1 Å². The van der Waals surface area contributed by atoms with E-state index in [0.717, 1.165) is 10.6 Å². The van der Waals surface area contributed by atoms with Crippen molar-refractivity contribution < 1.29 is 18.0 Å². The van der Waals surface area contributed by atoms with Gasteiger partial charge in [0.05, 0.1) is 6.54 Å². The molecule has 3 aromatic heterocycles. The third kappa shape index (κ3) is 4.35. The van der Waals surface area contributed by atoms with E-state index in [0.29, 0.717) is 5.56 Å². The summed E-state index contributed by atoms with van der Waals surface area (Å²) in [5.74, 6) is -1.14. The molecule has 1 aromatic carbocycles. The second kappa shape index (κ2) is 7.86. The number of carbonyl (C=O) groups is 1. The van der Waals surface area contributed by atoms with E-state index in [4.69, 9.17) is 23.2 Å². The summed E-state index contributed by atoms with van der Waals surface area (Å²) in [5, 5.41) is 6.87. The van der Waals surface area contributed by atoms with Crippen LogP contribution in [0, 0.1) is 12.7 Å². The van der Waals surface area contributed by atoms with Crippen LogP contribution in [-0.2, 0) is 11.9 Å². The number of nitrogens with zero attached hydrogens (tertiary/aromatic N) is 5. The second-order valence-corrected chi connectivity index (χ2v) is 7.53. The van der Waals surface area contributed by atoms with Gasteiger partial charge in [-0.3, -0.25) is 9.48 Å². The molecule has 0 unspecified atom stereocenters. The number of aryl methyl sites for hydroxylation is 1. The van der Waals surface area contributed by atoms with Gasteiger partial charge in [-0.25, -0.2) is 13.9 Å². The molecule has 0 saturated carbocycles. The summed E-state index contributed by atoms with van der Waals surface area (Å²) in [5.41, 5.74) is -0.125. The van der Waals surface area contributed by atoms with Gasteiger partial charge < -0.3 is 5.32 Å². The molecular weight excluding hydrogens is 456 g/mol. The molecule has 12 heteroatoms. The van der Waals surface area contributed by atoms with Crippen molar-refractivity contribution in [2.75, 3.05) is 5.32 Å². The normalized spacial score (nSPS) is 11.8. The summed E-state index contributed by atoms with van der Waals surface area (Å²) >= 11 is 11.3. The van der Waals surface area contributed by atoms with Crippen molar-refractivity contribution in [2.45, 2.75) is 18.9 Å². The first kappa shape index (κ1) is 21.1. The molecule has 0 radical (unpaired) electrons. The second-order valence-electron chi connectivity index (χ2n) is 6.65. The number of aromatic nitrogens is 5. The lowest BCUT2D eigenvalue weighted by Gasteiger charge is -2.10. The van der Waals surface area contributed by atoms with Crippen LogP contribution in [0.15, 0.2) is 42.6 Å². The van der Waals surface area contributed by atoms with E-state index in [1.807, 2.05) is 0 Å². The zero-order valence-corrected chi connectivity index (χ0v) is 17.3. The summed E-state index contributed by atoms with van der Waals surface area (Å²) in [6.45, 7) is 1.61. The van der Waals surface area contributed by atoms with Crippen molar-refractivity contribution in [1.82, 2.24) is 24.4 Å². The van der Waals surface area contributed by atoms with E-state index in [1.165, 1.54) is 29.9 Å². The predicted octanol–water partition coefficient (Wildman–Crippen LogP) is 4.62. The van der Waals surface area contributed by atoms with Crippen LogP contribution in [0.2, 0.25) is 5.02 Å². The number of hydrogen-bond donors (Lipinski definition) is 1. The molecule has 0 bridgehead atoms. The van der Waals surface area contributed by atoms with Gasteiger partial charge in [-0.15, -0.1) is 0 Å². The van der Waals surface area contributed by atoms with E-state index >= 15 is 0 Å². The molecule has 0 aliphatic heterocycles. The third-order valence-corrected chi connectivity index (χ3v) is 4.79. The number of nitrogens with one attached hydrogen (secondary N) is 1. The summed E-state index contributed by atoms with van der Waals surface area (Å²) in [7, 11) is 0. The van der Waals surface area contributed by atoms with E-state index < -0.39 is 22.8 Å². The lowest BCUT2D eigenvalue weighted by atomic mass is 10.2. The first-order valence-electron chi connectivity index (χ1n) is 8.84. The van der Waals surface area contributed by atoms with Gasteiger partial charge in [0.15, 0.2) is 17.2 Å². The summed E-state index contributed by atoms with van der Waals surface area (Å²) in [6.07, 6.45) is 1.42. The number of rotatable bonds is 5. The molecule has 0 atom stereocenters. The number of halogens is 5. The number of fused-ring (bicyclic) bond motifs is 1. The number of amides is 1. The molecule has 3 heterocycles. The Kier molecular flexibility index (Phi) is 5.36. The highest BCUT2D eigenvalue weighted by molar-refractivity contribution is 6.33. The van der Waals surface area contributed by atoms with Gasteiger partial charge in [-0.1, -0.05) is 29.8 Å². The summed E-state index contributed by atoms with van der Waals surface area (Å²) in [4.78, 5) is 16.7. The van der Waals surface area contributed by atoms with Gasteiger partial charge in [-0.2, -0.15) is 19.0 Å². The average molecular weight is 469 g/mol. The first-order valence-corrected chi connectivity index (χ1v) is 9.60. The van der Waals surface area contributed by atoms with Gasteiger partial charge in [-0.05, 0) is 30.7 Å². The lowest BCUT2D eigenvalue weighted by molar-refractivity contribution is 0.0868. The van der Waals surface area contributed by atoms with Crippen LogP contribution in [0.4, 0.5) is 19.0 Å². The Morgan fingerprint density at radius 2 is 1.97 bits per heavy atom. The maximum atomic E-state index is 13.8. The van der Waals surface area contributed by atoms with Gasteiger partial charge in [0.2, 0.25) is 0 Å². The van der Waals surface area contributed by atoms with E-state index in [9.17, 15) is 18.0 Å². The molecule has 0 fully saturated rings. The van der Waals surface area contributed by atoms with Crippen LogP contribution in [0.1, 0.15) is 27.4 Å².